The highest BCUT2D eigenvalue weighted by atomic mass is 32.5. The van der Waals surface area contributed by atoms with Gasteiger partial charge in [-0.15, -0.1) is 11.8 Å². The van der Waals surface area contributed by atoms with E-state index in [9.17, 15) is 24.8 Å². The highest BCUT2D eigenvalue weighted by molar-refractivity contribution is 8.06. The first-order valence-corrected chi connectivity index (χ1v) is 22.0. The van der Waals surface area contributed by atoms with Crippen molar-refractivity contribution in [1.82, 2.24) is 15.1 Å². The van der Waals surface area contributed by atoms with Gasteiger partial charge in [-0.2, -0.15) is 0 Å². The van der Waals surface area contributed by atoms with Crippen molar-refractivity contribution in [2.24, 2.45) is 0 Å². The maximum absolute atomic E-state index is 15.3. The summed E-state index contributed by atoms with van der Waals surface area (Å²) in [7, 11) is 4.79. The number of aryl methyl sites for hydroxylation is 1. The molecule has 7 aliphatic heterocycles. The SMILES string of the molecule is COc1cc2c(cc1O)CCN[C@]21CS[C@@H]2c3c(OC(C)=O)c(C)c4c(c3[C@H](OC1=O)N1C2[C@H]2c3c(cc(C)c(OC)c3O)C[C@@H]([C@@H]1OP(O)(O)=S)N2C)OCO4. The first-order valence-electron chi connectivity index (χ1n) is 18.3. The fourth-order valence-electron chi connectivity index (χ4n) is 9.93. The lowest BCUT2D eigenvalue weighted by molar-refractivity contribution is -0.222. The number of phenols is 2. The van der Waals surface area contributed by atoms with E-state index in [2.05, 4.69) is 5.32 Å². The smallest absolute Gasteiger partial charge is 0.333 e. The Morgan fingerprint density at radius 2 is 1.81 bits per heavy atom. The molecule has 0 saturated carbocycles. The van der Waals surface area contributed by atoms with Gasteiger partial charge in [0.25, 0.3) is 0 Å². The Balaban J connectivity index is 1.37. The van der Waals surface area contributed by atoms with E-state index in [-0.39, 0.29) is 47.7 Å². The van der Waals surface area contributed by atoms with Gasteiger partial charge in [0, 0.05) is 35.9 Å². The summed E-state index contributed by atoms with van der Waals surface area (Å²) in [6.45, 7) is 0.680. The maximum atomic E-state index is 15.3. The van der Waals surface area contributed by atoms with Crippen molar-refractivity contribution in [3.63, 3.8) is 0 Å². The van der Waals surface area contributed by atoms with E-state index in [1.807, 2.05) is 24.9 Å². The first kappa shape index (κ1) is 38.7. The molecule has 7 atom stereocenters. The maximum Gasteiger partial charge on any atom is 0.333 e. The Hall–Kier alpha value is -3.84. The minimum Gasteiger partial charge on any atom is -0.504 e. The number of fused-ring (bicyclic) bond motifs is 8. The van der Waals surface area contributed by atoms with Crippen LogP contribution in [0.2, 0.25) is 0 Å². The number of aromatic hydroxyl groups is 2. The number of benzene rings is 3. The summed E-state index contributed by atoms with van der Waals surface area (Å²) in [6, 6.07) is 3.12. The van der Waals surface area contributed by atoms with Crippen molar-refractivity contribution in [1.29, 1.82) is 0 Å². The van der Waals surface area contributed by atoms with E-state index in [0.717, 1.165) is 11.1 Å². The zero-order chi connectivity index (χ0) is 40.5. The fourth-order valence-corrected chi connectivity index (χ4v) is 12.4. The number of carbonyl (C=O) groups is 2. The Morgan fingerprint density at radius 3 is 2.51 bits per heavy atom. The number of carbonyl (C=O) groups excluding carboxylic acids is 2. The second-order valence-corrected chi connectivity index (χ2v) is 18.9. The number of hydrogen-bond acceptors (Lipinski definition) is 16. The second-order valence-electron chi connectivity index (χ2n) is 15.1. The average molecular weight is 844 g/mol. The fraction of sp³-hybridized carbons (Fsp3) is 0.474. The quantitative estimate of drug-likeness (QED) is 0.142. The summed E-state index contributed by atoms with van der Waals surface area (Å²) in [6.07, 6.45) is -1.80. The molecule has 0 amide bonds. The molecule has 3 aromatic carbocycles. The van der Waals surface area contributed by atoms with Gasteiger partial charge < -0.3 is 48.4 Å². The van der Waals surface area contributed by atoms with Crippen molar-refractivity contribution in [3.05, 3.63) is 62.7 Å². The monoisotopic (exact) mass is 843 g/mol. The number of esters is 2. The van der Waals surface area contributed by atoms with Crippen LogP contribution >= 0.6 is 18.5 Å². The van der Waals surface area contributed by atoms with E-state index >= 15 is 4.79 Å². The predicted molar refractivity (Wildman–Crippen MR) is 207 cm³/mol. The molecule has 4 bridgehead atoms. The lowest BCUT2D eigenvalue weighted by Crippen LogP contribution is -2.69. The molecule has 0 aromatic heterocycles. The molecule has 57 heavy (non-hydrogen) atoms. The number of hydrogen-bond donors (Lipinski definition) is 5. The van der Waals surface area contributed by atoms with Crippen LogP contribution in [-0.2, 0) is 49.0 Å². The normalized spacial score (nSPS) is 28.6. The highest BCUT2D eigenvalue weighted by Gasteiger charge is 2.64. The largest absolute Gasteiger partial charge is 0.504 e. The standard InChI is InChI=1S/C38H42N3O13PS2/c1-15-9-19-10-21-35(54-55(46,47)56)41-28(27(40(21)4)24(19)29(44)30(15)49-6)34-25-26(33-32(50-14-51-33)16(2)31(25)52-17(3)42)36(41)53-37(45)38(13-57-34)20-12-23(48-5)22(43)11-18(20)7-8-39-38/h9,11-12,21,27-28,34-36,39,43-44H,7-8,10,13-14H2,1-6H3,(H2,46,47,56)/t21-,27+,28?,34+,35-,36-,38+/m0/s1. The number of methoxy groups -OCH3 is 2. The van der Waals surface area contributed by atoms with Gasteiger partial charge in [0.15, 0.2) is 46.3 Å². The third kappa shape index (κ3) is 5.67. The van der Waals surface area contributed by atoms with Gasteiger partial charge in [0.1, 0.15) is 12.0 Å². The van der Waals surface area contributed by atoms with Gasteiger partial charge in [-0.1, -0.05) is 6.07 Å². The molecule has 3 aromatic rings. The lowest BCUT2D eigenvalue weighted by atomic mass is 9.74. The minimum atomic E-state index is -4.41. The average Bonchev–Trinajstić information content (AvgIpc) is 3.66. The zero-order valence-corrected chi connectivity index (χ0v) is 34.4. The summed E-state index contributed by atoms with van der Waals surface area (Å²) in [5.41, 5.74) is 3.21. The third-order valence-electron chi connectivity index (χ3n) is 12.2. The van der Waals surface area contributed by atoms with Crippen molar-refractivity contribution >= 4 is 42.2 Å². The molecular formula is C38H42N3O13PS2. The van der Waals surface area contributed by atoms with E-state index < -0.39 is 60.0 Å². The zero-order valence-electron chi connectivity index (χ0n) is 31.9. The summed E-state index contributed by atoms with van der Waals surface area (Å²) in [5.74, 6) is -0.0723. The first-order chi connectivity index (χ1) is 27.1. The molecule has 304 valence electrons. The lowest BCUT2D eigenvalue weighted by Gasteiger charge is -2.61. The van der Waals surface area contributed by atoms with E-state index in [1.165, 1.54) is 32.9 Å². The molecule has 7 aliphatic rings. The van der Waals surface area contributed by atoms with E-state index in [1.54, 1.807) is 24.0 Å². The Labute approximate surface area is 337 Å². The van der Waals surface area contributed by atoms with Crippen molar-refractivity contribution < 1.29 is 62.5 Å². The third-order valence-corrected chi connectivity index (χ3v) is 14.4. The van der Waals surface area contributed by atoms with Gasteiger partial charge in [0.05, 0.1) is 43.2 Å². The van der Waals surface area contributed by atoms with Crippen LogP contribution in [0, 0.1) is 13.8 Å². The number of nitrogens with zero attached hydrogens (tertiary/aromatic N) is 2. The van der Waals surface area contributed by atoms with Crippen LogP contribution in [-0.4, -0.2) is 100 Å². The Bertz CT molecular complexity index is 2310. The number of likely N-dealkylation sites (N-methyl/N-ethyl adjacent to an activating group) is 1. The van der Waals surface area contributed by atoms with Crippen LogP contribution in [0.1, 0.15) is 69.0 Å². The topological polar surface area (TPSA) is 198 Å². The molecule has 16 nitrogen and oxygen atoms in total. The molecule has 0 radical (unpaired) electrons. The highest BCUT2D eigenvalue weighted by Crippen LogP contribution is 2.66. The van der Waals surface area contributed by atoms with Crippen molar-refractivity contribution in [2.75, 3.05) is 40.4 Å². The van der Waals surface area contributed by atoms with Crippen molar-refractivity contribution in [3.8, 4) is 40.2 Å². The molecule has 1 spiro atoms. The van der Waals surface area contributed by atoms with E-state index in [0.29, 0.717) is 57.8 Å². The van der Waals surface area contributed by atoms with Gasteiger partial charge in [-0.05, 0) is 79.9 Å². The van der Waals surface area contributed by atoms with Crippen LogP contribution in [0.25, 0.3) is 0 Å². The van der Waals surface area contributed by atoms with E-state index in [4.69, 9.17) is 44.8 Å². The number of thioether (sulfide) groups is 1. The number of nitrogens with one attached hydrogen (secondary N) is 1. The molecule has 7 heterocycles. The minimum absolute atomic E-state index is 0.0529. The number of ether oxygens (including phenoxy) is 6. The second kappa shape index (κ2) is 13.6. The molecule has 19 heteroatoms. The molecule has 2 saturated heterocycles. The van der Waals surface area contributed by atoms with Crippen LogP contribution in [0.15, 0.2) is 18.2 Å². The molecule has 2 fully saturated rings. The summed E-state index contributed by atoms with van der Waals surface area (Å²) >= 11 is 6.54. The Kier molecular flexibility index (Phi) is 9.23. The molecule has 1 unspecified atom stereocenters. The summed E-state index contributed by atoms with van der Waals surface area (Å²) < 4.78 is 42.4. The van der Waals surface area contributed by atoms with Gasteiger partial charge in [0.2, 0.25) is 6.79 Å². The summed E-state index contributed by atoms with van der Waals surface area (Å²) in [4.78, 5) is 53.9. The number of phenolic OH excluding ortho intramolecular Hbond substituents is 2. The molecule has 5 N–H and O–H groups in total. The number of rotatable bonds is 5. The summed E-state index contributed by atoms with van der Waals surface area (Å²) in [5, 5.41) is 25.6. The van der Waals surface area contributed by atoms with Crippen LogP contribution < -0.4 is 29.0 Å². The molecule has 10 rings (SSSR count). The van der Waals surface area contributed by atoms with Crippen LogP contribution in [0.5, 0.6) is 40.2 Å². The Morgan fingerprint density at radius 1 is 1.05 bits per heavy atom. The van der Waals surface area contributed by atoms with Crippen LogP contribution in [0.3, 0.4) is 0 Å². The van der Waals surface area contributed by atoms with Gasteiger partial charge in [-0.25, -0.2) is 9.69 Å². The van der Waals surface area contributed by atoms with Crippen molar-refractivity contribution in [2.45, 2.75) is 75.0 Å². The van der Waals surface area contributed by atoms with Crippen LogP contribution in [0.4, 0.5) is 0 Å². The number of piperazine rings is 1. The molecular weight excluding hydrogens is 802 g/mol. The molecule has 0 aliphatic carbocycles. The van der Waals surface area contributed by atoms with Gasteiger partial charge in [-0.3, -0.25) is 19.5 Å². The van der Waals surface area contributed by atoms with Gasteiger partial charge >= 0.3 is 18.7 Å². The predicted octanol–water partition coefficient (Wildman–Crippen LogP) is 3.60.